The molecule has 0 saturated carbocycles. The average molecular weight is 189 g/mol. The number of nitrogens with two attached hydrogens (primary N) is 1. The highest BCUT2D eigenvalue weighted by Crippen LogP contribution is 2.01. The topological polar surface area (TPSA) is 80.5 Å². The Morgan fingerprint density at radius 2 is 2.21 bits per heavy atom. The molecule has 2 heterocycles. The van der Waals surface area contributed by atoms with Crippen molar-refractivity contribution in [3.05, 3.63) is 36.3 Å². The van der Waals surface area contributed by atoms with Gasteiger partial charge in [-0.1, -0.05) is 0 Å². The molecule has 0 fully saturated rings. The molecule has 5 heteroatoms. The summed E-state index contributed by atoms with van der Waals surface area (Å²) in [5.74, 6) is 1.27. The number of hydrogen-bond donors (Lipinski definition) is 2. The molecule has 2 aromatic rings. The summed E-state index contributed by atoms with van der Waals surface area (Å²) in [4.78, 5) is 15.2. The molecule has 5 nitrogen and oxygen atoms in total. The number of imidazole rings is 1. The minimum atomic E-state index is 0.511. The van der Waals surface area contributed by atoms with Crippen molar-refractivity contribution in [2.75, 3.05) is 5.73 Å². The molecule has 0 aliphatic heterocycles. The van der Waals surface area contributed by atoms with E-state index in [2.05, 4.69) is 19.9 Å². The summed E-state index contributed by atoms with van der Waals surface area (Å²) in [5, 5.41) is 0. The Kier molecular flexibility index (Phi) is 2.40. The molecular formula is C9H11N5. The van der Waals surface area contributed by atoms with E-state index in [1.165, 1.54) is 0 Å². The molecule has 0 aromatic carbocycles. The van der Waals surface area contributed by atoms with Crippen molar-refractivity contribution in [3.8, 4) is 0 Å². The molecule has 14 heavy (non-hydrogen) atoms. The molecule has 0 aliphatic carbocycles. The zero-order valence-electron chi connectivity index (χ0n) is 7.64. The van der Waals surface area contributed by atoms with Gasteiger partial charge in [0.25, 0.3) is 0 Å². The normalized spacial score (nSPS) is 10.3. The Hall–Kier alpha value is -1.91. The maximum atomic E-state index is 5.53. The van der Waals surface area contributed by atoms with Gasteiger partial charge in [-0.15, -0.1) is 0 Å². The molecular weight excluding hydrogens is 178 g/mol. The third-order valence-corrected chi connectivity index (χ3v) is 1.89. The Morgan fingerprint density at radius 1 is 1.29 bits per heavy atom. The Bertz CT molecular complexity index is 395. The Balaban J connectivity index is 1.98. The van der Waals surface area contributed by atoms with Crippen LogP contribution in [0.4, 0.5) is 5.82 Å². The van der Waals surface area contributed by atoms with Gasteiger partial charge in [0.05, 0.1) is 12.0 Å². The smallest absolute Gasteiger partial charge is 0.131 e. The summed E-state index contributed by atoms with van der Waals surface area (Å²) >= 11 is 0. The second-order valence-electron chi connectivity index (χ2n) is 2.96. The van der Waals surface area contributed by atoms with Crippen LogP contribution in [-0.4, -0.2) is 19.9 Å². The average Bonchev–Trinajstić information content (AvgIpc) is 2.67. The molecule has 3 N–H and O–H groups in total. The molecule has 0 radical (unpaired) electrons. The van der Waals surface area contributed by atoms with Crippen molar-refractivity contribution in [2.45, 2.75) is 12.8 Å². The highest BCUT2D eigenvalue weighted by Gasteiger charge is 1.99. The van der Waals surface area contributed by atoms with Crippen LogP contribution in [-0.2, 0) is 12.8 Å². The van der Waals surface area contributed by atoms with Crippen molar-refractivity contribution in [1.82, 2.24) is 19.9 Å². The van der Waals surface area contributed by atoms with E-state index in [4.69, 9.17) is 5.73 Å². The summed E-state index contributed by atoms with van der Waals surface area (Å²) < 4.78 is 0. The molecule has 0 atom stereocenters. The van der Waals surface area contributed by atoms with Crippen LogP contribution in [0.3, 0.4) is 0 Å². The van der Waals surface area contributed by atoms with Gasteiger partial charge in [-0.3, -0.25) is 0 Å². The zero-order valence-corrected chi connectivity index (χ0v) is 7.64. The van der Waals surface area contributed by atoms with Crippen LogP contribution in [0.15, 0.2) is 24.8 Å². The van der Waals surface area contributed by atoms with Gasteiger partial charge in [0.15, 0.2) is 0 Å². The van der Waals surface area contributed by atoms with Crippen molar-refractivity contribution < 1.29 is 0 Å². The largest absolute Gasteiger partial charge is 0.384 e. The number of H-pyrrole nitrogens is 1. The number of aryl methyl sites for hydroxylation is 2. The minimum Gasteiger partial charge on any atom is -0.384 e. The third kappa shape index (κ3) is 2.07. The van der Waals surface area contributed by atoms with Gasteiger partial charge in [0, 0.05) is 18.8 Å². The Labute approximate surface area is 81.4 Å². The lowest BCUT2D eigenvalue weighted by molar-refractivity contribution is 0.844. The van der Waals surface area contributed by atoms with Gasteiger partial charge in [0.2, 0.25) is 0 Å². The predicted molar refractivity (Wildman–Crippen MR) is 52.4 cm³/mol. The summed E-state index contributed by atoms with van der Waals surface area (Å²) in [5.41, 5.74) is 6.54. The highest BCUT2D eigenvalue weighted by atomic mass is 14.9. The Morgan fingerprint density at radius 3 is 2.93 bits per heavy atom. The maximum Gasteiger partial charge on any atom is 0.131 e. The quantitative estimate of drug-likeness (QED) is 0.739. The fourth-order valence-corrected chi connectivity index (χ4v) is 1.20. The number of nitrogens with zero attached hydrogens (tertiary/aromatic N) is 3. The van der Waals surface area contributed by atoms with Gasteiger partial charge in [0.1, 0.15) is 11.6 Å². The van der Waals surface area contributed by atoms with Crippen molar-refractivity contribution in [3.63, 3.8) is 0 Å². The van der Waals surface area contributed by atoms with Crippen LogP contribution in [0.2, 0.25) is 0 Å². The first kappa shape index (κ1) is 8.68. The van der Waals surface area contributed by atoms with E-state index in [0.717, 1.165) is 24.4 Å². The first-order valence-corrected chi connectivity index (χ1v) is 4.39. The first-order valence-electron chi connectivity index (χ1n) is 4.39. The molecule has 0 spiro atoms. The second kappa shape index (κ2) is 3.87. The standard InChI is InChI=1S/C9H11N5/c10-8-3-4-12-9(14-8)2-1-7-5-11-6-13-7/h3-6H,1-2H2,(H,11,13)(H2,10,12,14). The summed E-state index contributed by atoms with van der Waals surface area (Å²) in [6.07, 6.45) is 6.78. The number of rotatable bonds is 3. The van der Waals surface area contributed by atoms with Crippen LogP contribution >= 0.6 is 0 Å². The molecule has 2 rings (SSSR count). The molecule has 0 unspecified atom stereocenters. The first-order chi connectivity index (χ1) is 6.84. The van der Waals surface area contributed by atoms with E-state index >= 15 is 0 Å². The van der Waals surface area contributed by atoms with E-state index in [0.29, 0.717) is 5.82 Å². The number of hydrogen-bond acceptors (Lipinski definition) is 4. The van der Waals surface area contributed by atoms with E-state index < -0.39 is 0 Å². The lowest BCUT2D eigenvalue weighted by atomic mass is 10.2. The van der Waals surface area contributed by atoms with Crippen molar-refractivity contribution in [1.29, 1.82) is 0 Å². The SMILES string of the molecule is Nc1ccnc(CCc2c[nH]cn2)n1. The van der Waals surface area contributed by atoms with Crippen LogP contribution in [0, 0.1) is 0 Å². The maximum absolute atomic E-state index is 5.53. The lowest BCUT2D eigenvalue weighted by Crippen LogP contribution is -2.00. The summed E-state index contributed by atoms with van der Waals surface area (Å²) in [6, 6.07) is 1.68. The fraction of sp³-hybridized carbons (Fsp3) is 0.222. The number of anilines is 1. The van der Waals surface area contributed by atoms with E-state index in [-0.39, 0.29) is 0 Å². The molecule has 72 valence electrons. The van der Waals surface area contributed by atoms with Crippen LogP contribution < -0.4 is 5.73 Å². The van der Waals surface area contributed by atoms with Crippen LogP contribution in [0.25, 0.3) is 0 Å². The fourth-order valence-electron chi connectivity index (χ4n) is 1.20. The van der Waals surface area contributed by atoms with Crippen LogP contribution in [0.1, 0.15) is 11.5 Å². The van der Waals surface area contributed by atoms with Gasteiger partial charge in [-0.25, -0.2) is 15.0 Å². The monoisotopic (exact) mass is 189 g/mol. The second-order valence-corrected chi connectivity index (χ2v) is 2.96. The third-order valence-electron chi connectivity index (χ3n) is 1.89. The highest BCUT2D eigenvalue weighted by molar-refractivity contribution is 5.25. The van der Waals surface area contributed by atoms with Crippen molar-refractivity contribution >= 4 is 5.82 Å². The predicted octanol–water partition coefficient (Wildman–Crippen LogP) is 0.567. The molecule has 0 amide bonds. The van der Waals surface area contributed by atoms with E-state index in [9.17, 15) is 0 Å². The van der Waals surface area contributed by atoms with Crippen LogP contribution in [0.5, 0.6) is 0 Å². The van der Waals surface area contributed by atoms with Gasteiger partial charge >= 0.3 is 0 Å². The van der Waals surface area contributed by atoms with E-state index in [1.54, 1.807) is 18.6 Å². The van der Waals surface area contributed by atoms with Gasteiger partial charge in [-0.2, -0.15) is 0 Å². The molecule has 2 aromatic heterocycles. The molecule has 0 aliphatic rings. The molecule has 0 bridgehead atoms. The number of nitrogen functional groups attached to an aromatic ring is 1. The van der Waals surface area contributed by atoms with Gasteiger partial charge in [-0.05, 0) is 12.5 Å². The molecule has 0 saturated heterocycles. The van der Waals surface area contributed by atoms with E-state index in [1.807, 2.05) is 6.20 Å². The summed E-state index contributed by atoms with van der Waals surface area (Å²) in [6.45, 7) is 0. The van der Waals surface area contributed by atoms with Gasteiger partial charge < -0.3 is 10.7 Å². The zero-order chi connectivity index (χ0) is 9.80. The number of aromatic amines is 1. The number of nitrogens with one attached hydrogen (secondary N) is 1. The number of aromatic nitrogens is 4. The van der Waals surface area contributed by atoms with Crippen molar-refractivity contribution in [2.24, 2.45) is 0 Å². The lowest BCUT2D eigenvalue weighted by Gasteiger charge is -1.98. The summed E-state index contributed by atoms with van der Waals surface area (Å²) in [7, 11) is 0. The minimum absolute atomic E-state index is 0.511.